The Hall–Kier alpha value is -1.36. The Balaban J connectivity index is 1.90. The molecule has 4 nitrogen and oxygen atoms in total. The average Bonchev–Trinajstić information content (AvgIpc) is 2.93. The van der Waals surface area contributed by atoms with Crippen molar-refractivity contribution in [3.05, 3.63) is 35.5 Å². The van der Waals surface area contributed by atoms with E-state index in [0.29, 0.717) is 6.54 Å². The number of hydrogen-bond acceptors (Lipinski definition) is 3. The van der Waals surface area contributed by atoms with Gasteiger partial charge in [0.05, 0.1) is 18.2 Å². The van der Waals surface area contributed by atoms with Crippen LogP contribution in [0.3, 0.4) is 0 Å². The molecule has 0 radical (unpaired) electrons. The first-order valence-electron chi connectivity index (χ1n) is 8.28. The summed E-state index contributed by atoms with van der Waals surface area (Å²) in [7, 11) is 1.86. The van der Waals surface area contributed by atoms with Crippen LogP contribution in [0.5, 0.6) is 0 Å². The Morgan fingerprint density at radius 1 is 1.36 bits per heavy atom. The number of H-pyrrole nitrogens is 1. The maximum atomic E-state index is 9.49. The minimum absolute atomic E-state index is 0.106. The molecule has 2 aliphatic rings. The maximum absolute atomic E-state index is 9.49. The van der Waals surface area contributed by atoms with Crippen LogP contribution < -0.4 is 0 Å². The number of β-amino-alcohol motifs (C(OH)–C–C–N with tert-alkyl or cyclic N) is 1. The third kappa shape index (κ3) is 1.94. The number of nitrogens with one attached hydrogen (secondary N) is 1. The Labute approximate surface area is 131 Å². The van der Waals surface area contributed by atoms with Gasteiger partial charge >= 0.3 is 0 Å². The highest BCUT2D eigenvalue weighted by molar-refractivity contribution is 5.85. The number of piperidine rings is 1. The van der Waals surface area contributed by atoms with E-state index in [0.717, 1.165) is 32.2 Å². The summed E-state index contributed by atoms with van der Waals surface area (Å²) in [6.07, 6.45) is 4.34. The predicted molar refractivity (Wildman–Crippen MR) is 87.0 cm³/mol. The van der Waals surface area contributed by atoms with Crippen LogP contribution in [0.15, 0.2) is 24.3 Å². The first-order valence-corrected chi connectivity index (χ1v) is 8.28. The van der Waals surface area contributed by atoms with Crippen LogP contribution in [0.4, 0.5) is 0 Å². The number of para-hydroxylation sites is 1. The number of nitrogens with zero attached hydrogens (tertiary/aromatic N) is 1. The second-order valence-corrected chi connectivity index (χ2v) is 6.60. The van der Waals surface area contributed by atoms with E-state index in [1.165, 1.54) is 22.2 Å². The number of methoxy groups -OCH3 is 1. The molecule has 0 saturated carbocycles. The Morgan fingerprint density at radius 3 is 3.05 bits per heavy atom. The van der Waals surface area contributed by atoms with Crippen molar-refractivity contribution in [2.45, 2.75) is 37.3 Å². The molecular formula is C18H24N2O2. The molecule has 4 heteroatoms. The second-order valence-electron chi connectivity index (χ2n) is 6.60. The van der Waals surface area contributed by atoms with Crippen molar-refractivity contribution in [1.82, 2.24) is 9.88 Å². The van der Waals surface area contributed by atoms with Crippen LogP contribution in [-0.4, -0.2) is 47.4 Å². The van der Waals surface area contributed by atoms with Crippen molar-refractivity contribution in [1.29, 1.82) is 0 Å². The van der Waals surface area contributed by atoms with Crippen LogP contribution >= 0.6 is 0 Å². The van der Waals surface area contributed by atoms with E-state index in [9.17, 15) is 5.11 Å². The first kappa shape index (κ1) is 14.2. The molecule has 0 bridgehead atoms. The van der Waals surface area contributed by atoms with Gasteiger partial charge in [0.15, 0.2) is 0 Å². The molecule has 1 saturated heterocycles. The molecule has 4 rings (SSSR count). The molecule has 0 unspecified atom stereocenters. The highest BCUT2D eigenvalue weighted by Gasteiger charge is 2.49. The number of rotatable bonds is 3. The van der Waals surface area contributed by atoms with Crippen LogP contribution in [-0.2, 0) is 11.2 Å². The third-order valence-corrected chi connectivity index (χ3v) is 5.60. The number of likely N-dealkylation sites (tertiary alicyclic amines) is 1. The Kier molecular flexibility index (Phi) is 3.48. The van der Waals surface area contributed by atoms with Crippen molar-refractivity contribution in [2.75, 3.05) is 26.8 Å². The van der Waals surface area contributed by atoms with Gasteiger partial charge in [-0.25, -0.2) is 0 Å². The van der Waals surface area contributed by atoms with Crippen molar-refractivity contribution >= 4 is 10.9 Å². The molecule has 1 fully saturated rings. The summed E-state index contributed by atoms with van der Waals surface area (Å²) in [5.74, 6) is 0. The fourth-order valence-electron chi connectivity index (χ4n) is 4.64. The number of aliphatic hydroxyl groups excluding tert-OH is 1. The molecule has 1 aromatic carbocycles. The Morgan fingerprint density at radius 2 is 2.23 bits per heavy atom. The molecule has 118 valence electrons. The van der Waals surface area contributed by atoms with Crippen LogP contribution in [0.1, 0.15) is 36.6 Å². The lowest BCUT2D eigenvalue weighted by atomic mass is 9.72. The number of ether oxygens (including phenoxy) is 1. The number of fused-ring (bicyclic) bond motifs is 5. The number of aliphatic hydroxyl groups is 1. The molecule has 2 aromatic rings. The lowest BCUT2D eigenvalue weighted by molar-refractivity contribution is -0.121. The molecule has 2 N–H and O–H groups in total. The van der Waals surface area contributed by atoms with Crippen LogP contribution in [0.2, 0.25) is 0 Å². The number of hydrogen-bond donors (Lipinski definition) is 2. The molecule has 1 aliphatic heterocycles. The molecule has 1 aromatic heterocycles. The fourth-order valence-corrected chi connectivity index (χ4v) is 4.64. The molecule has 2 atom stereocenters. The summed E-state index contributed by atoms with van der Waals surface area (Å²) in [5.41, 5.74) is 3.86. The SMILES string of the molecule is CO[C@]12CCCN(CCO)[C@H]1c1c([nH]c3ccccc13)CC2. The van der Waals surface area contributed by atoms with Gasteiger partial charge < -0.3 is 14.8 Å². The third-order valence-electron chi connectivity index (χ3n) is 5.60. The monoisotopic (exact) mass is 300 g/mol. The van der Waals surface area contributed by atoms with E-state index >= 15 is 0 Å². The smallest absolute Gasteiger partial charge is 0.0879 e. The summed E-state index contributed by atoms with van der Waals surface area (Å²) in [5, 5.41) is 10.8. The summed E-state index contributed by atoms with van der Waals surface area (Å²) in [4.78, 5) is 6.03. The number of benzene rings is 1. The van der Waals surface area contributed by atoms with E-state index in [2.05, 4.69) is 34.1 Å². The summed E-state index contributed by atoms with van der Waals surface area (Å²) < 4.78 is 6.10. The molecule has 22 heavy (non-hydrogen) atoms. The zero-order chi connectivity index (χ0) is 15.2. The van der Waals surface area contributed by atoms with Gasteiger partial charge in [0.25, 0.3) is 0 Å². The number of aromatic amines is 1. The average molecular weight is 300 g/mol. The first-order chi connectivity index (χ1) is 10.8. The summed E-state index contributed by atoms with van der Waals surface area (Å²) in [6, 6.07) is 8.81. The van der Waals surface area contributed by atoms with E-state index in [-0.39, 0.29) is 18.2 Å². The summed E-state index contributed by atoms with van der Waals surface area (Å²) in [6.45, 7) is 1.96. The van der Waals surface area contributed by atoms with Crippen molar-refractivity contribution in [3.8, 4) is 0 Å². The van der Waals surface area contributed by atoms with Gasteiger partial charge in [-0.3, -0.25) is 4.90 Å². The lowest BCUT2D eigenvalue weighted by Gasteiger charge is -2.51. The zero-order valence-corrected chi connectivity index (χ0v) is 13.1. The van der Waals surface area contributed by atoms with E-state index in [4.69, 9.17) is 4.74 Å². The van der Waals surface area contributed by atoms with Gasteiger partial charge in [-0.1, -0.05) is 18.2 Å². The largest absolute Gasteiger partial charge is 0.395 e. The van der Waals surface area contributed by atoms with Gasteiger partial charge in [-0.05, 0) is 38.3 Å². The van der Waals surface area contributed by atoms with Gasteiger partial charge in [-0.15, -0.1) is 0 Å². The molecule has 1 aliphatic carbocycles. The van der Waals surface area contributed by atoms with Gasteiger partial charge in [-0.2, -0.15) is 0 Å². The van der Waals surface area contributed by atoms with E-state index in [1.54, 1.807) is 0 Å². The minimum Gasteiger partial charge on any atom is -0.395 e. The zero-order valence-electron chi connectivity index (χ0n) is 13.1. The second kappa shape index (κ2) is 5.37. The number of aryl methyl sites for hydroxylation is 1. The van der Waals surface area contributed by atoms with Crippen LogP contribution in [0.25, 0.3) is 10.9 Å². The molecule has 0 spiro atoms. The molecular weight excluding hydrogens is 276 g/mol. The molecule has 2 heterocycles. The molecule has 0 amide bonds. The van der Waals surface area contributed by atoms with Crippen molar-refractivity contribution in [2.24, 2.45) is 0 Å². The van der Waals surface area contributed by atoms with Crippen LogP contribution in [0, 0.1) is 0 Å². The van der Waals surface area contributed by atoms with Gasteiger partial charge in [0.2, 0.25) is 0 Å². The van der Waals surface area contributed by atoms with Gasteiger partial charge in [0, 0.05) is 35.8 Å². The quantitative estimate of drug-likeness (QED) is 0.916. The maximum Gasteiger partial charge on any atom is 0.0879 e. The fraction of sp³-hybridized carbons (Fsp3) is 0.556. The van der Waals surface area contributed by atoms with E-state index in [1.807, 2.05) is 7.11 Å². The minimum atomic E-state index is -0.106. The van der Waals surface area contributed by atoms with Crippen molar-refractivity contribution in [3.63, 3.8) is 0 Å². The lowest BCUT2D eigenvalue weighted by Crippen LogP contribution is -2.54. The Bertz CT molecular complexity index is 679. The highest BCUT2D eigenvalue weighted by atomic mass is 16.5. The normalized spacial score (nSPS) is 28.5. The van der Waals surface area contributed by atoms with E-state index < -0.39 is 0 Å². The predicted octanol–water partition coefficient (Wildman–Crippen LogP) is 2.63. The van der Waals surface area contributed by atoms with Crippen molar-refractivity contribution < 1.29 is 9.84 Å². The summed E-state index contributed by atoms with van der Waals surface area (Å²) >= 11 is 0. The van der Waals surface area contributed by atoms with Gasteiger partial charge in [0.1, 0.15) is 0 Å². The topological polar surface area (TPSA) is 48.5 Å². The highest BCUT2D eigenvalue weighted by Crippen LogP contribution is 2.50. The standard InChI is InChI=1S/C18H24N2O2/c1-22-18-8-4-10-20(11-12-21)17(18)16-13-5-2-3-6-14(13)19-15(16)7-9-18/h2-3,5-6,17,19,21H,4,7-12H2,1H3/t17-,18-/m0/s1. The number of aromatic nitrogens is 1.